The molecule has 0 aliphatic heterocycles. The third-order valence-electron chi connectivity index (χ3n) is 4.20. The summed E-state index contributed by atoms with van der Waals surface area (Å²) in [5.41, 5.74) is 6.90. The Kier molecular flexibility index (Phi) is 5.97. The molecule has 2 amide bonds. The van der Waals surface area contributed by atoms with E-state index in [1.807, 2.05) is 62.4 Å². The largest absolute Gasteiger partial charge is 0.322 e. The highest BCUT2D eigenvalue weighted by Gasteiger charge is 2.08. The minimum Gasteiger partial charge on any atom is -0.322 e. The highest BCUT2D eigenvalue weighted by molar-refractivity contribution is 6.05. The average Bonchev–Trinajstić information content (AvgIpc) is 2.73. The molecule has 140 valence electrons. The average molecular weight is 371 g/mol. The number of anilines is 1. The Hall–Kier alpha value is -3.73. The van der Waals surface area contributed by atoms with Gasteiger partial charge >= 0.3 is 0 Å². The third-order valence-corrected chi connectivity index (χ3v) is 4.20. The van der Waals surface area contributed by atoms with Crippen LogP contribution >= 0.6 is 0 Å². The number of nitrogens with one attached hydrogen (secondary N) is 2. The molecule has 0 heterocycles. The van der Waals surface area contributed by atoms with E-state index < -0.39 is 0 Å². The van der Waals surface area contributed by atoms with Crippen LogP contribution in [0.15, 0.2) is 84.0 Å². The summed E-state index contributed by atoms with van der Waals surface area (Å²) in [6.45, 7) is 3.77. The van der Waals surface area contributed by atoms with Crippen LogP contribution in [0.25, 0.3) is 0 Å². The van der Waals surface area contributed by atoms with Crippen molar-refractivity contribution in [2.75, 3.05) is 5.32 Å². The Morgan fingerprint density at radius 1 is 0.750 bits per heavy atom. The molecule has 3 aromatic rings. The lowest BCUT2D eigenvalue weighted by Crippen LogP contribution is -2.19. The van der Waals surface area contributed by atoms with Gasteiger partial charge in [-0.05, 0) is 55.8 Å². The molecule has 0 saturated carbocycles. The zero-order valence-electron chi connectivity index (χ0n) is 15.8. The third kappa shape index (κ3) is 4.92. The SMILES string of the molecule is C/C(=N\NC(=O)c1ccc(NC(=O)c2cccc(C)c2)cc1)c1ccccc1. The molecule has 0 bridgehead atoms. The Balaban J connectivity index is 1.62. The van der Waals surface area contributed by atoms with Crippen molar-refractivity contribution in [3.8, 4) is 0 Å². The zero-order valence-corrected chi connectivity index (χ0v) is 15.8. The second-order valence-corrected chi connectivity index (χ2v) is 6.41. The van der Waals surface area contributed by atoms with Crippen LogP contribution in [-0.4, -0.2) is 17.5 Å². The predicted octanol–water partition coefficient (Wildman–Crippen LogP) is 4.40. The fourth-order valence-corrected chi connectivity index (χ4v) is 2.64. The fraction of sp³-hybridized carbons (Fsp3) is 0.0870. The van der Waals surface area contributed by atoms with Gasteiger partial charge in [-0.1, -0.05) is 48.0 Å². The summed E-state index contributed by atoms with van der Waals surface area (Å²) in [6.07, 6.45) is 0. The highest BCUT2D eigenvalue weighted by Crippen LogP contribution is 2.12. The van der Waals surface area contributed by atoms with Gasteiger partial charge in [-0.15, -0.1) is 0 Å². The van der Waals surface area contributed by atoms with Gasteiger partial charge in [0.15, 0.2) is 0 Å². The van der Waals surface area contributed by atoms with Crippen molar-refractivity contribution in [1.29, 1.82) is 0 Å². The first-order valence-corrected chi connectivity index (χ1v) is 8.91. The van der Waals surface area contributed by atoms with Crippen LogP contribution in [0.2, 0.25) is 0 Å². The molecule has 0 aliphatic rings. The second kappa shape index (κ2) is 8.77. The number of hydrazone groups is 1. The van der Waals surface area contributed by atoms with Crippen molar-refractivity contribution in [2.24, 2.45) is 5.10 Å². The van der Waals surface area contributed by atoms with Gasteiger partial charge in [0.05, 0.1) is 5.71 Å². The molecule has 5 heteroatoms. The molecule has 0 fully saturated rings. The molecule has 0 radical (unpaired) electrons. The first kappa shape index (κ1) is 19.0. The van der Waals surface area contributed by atoms with Crippen molar-refractivity contribution in [3.63, 3.8) is 0 Å². The van der Waals surface area contributed by atoms with Gasteiger partial charge in [-0.2, -0.15) is 5.10 Å². The molecule has 0 aromatic heterocycles. The van der Waals surface area contributed by atoms with E-state index in [0.29, 0.717) is 16.8 Å². The van der Waals surface area contributed by atoms with Crippen LogP contribution in [-0.2, 0) is 0 Å². The predicted molar refractivity (Wildman–Crippen MR) is 112 cm³/mol. The Labute approximate surface area is 164 Å². The first-order valence-electron chi connectivity index (χ1n) is 8.91. The van der Waals surface area contributed by atoms with E-state index >= 15 is 0 Å². The topological polar surface area (TPSA) is 70.6 Å². The Morgan fingerprint density at radius 2 is 1.43 bits per heavy atom. The van der Waals surface area contributed by atoms with E-state index in [1.54, 1.807) is 30.3 Å². The maximum absolute atomic E-state index is 12.3. The summed E-state index contributed by atoms with van der Waals surface area (Å²) in [7, 11) is 0. The molecule has 3 aromatic carbocycles. The van der Waals surface area contributed by atoms with Crippen LogP contribution in [0.1, 0.15) is 38.8 Å². The molecule has 5 nitrogen and oxygen atoms in total. The maximum atomic E-state index is 12.3. The molecule has 0 aliphatic carbocycles. The first-order chi connectivity index (χ1) is 13.5. The van der Waals surface area contributed by atoms with Crippen molar-refractivity contribution >= 4 is 23.2 Å². The smallest absolute Gasteiger partial charge is 0.271 e. The van der Waals surface area contributed by atoms with Crippen LogP contribution in [0.5, 0.6) is 0 Å². The number of nitrogens with zero attached hydrogens (tertiary/aromatic N) is 1. The zero-order chi connectivity index (χ0) is 19.9. The van der Waals surface area contributed by atoms with Gasteiger partial charge in [0.1, 0.15) is 0 Å². The lowest BCUT2D eigenvalue weighted by atomic mass is 10.1. The summed E-state index contributed by atoms with van der Waals surface area (Å²) in [6, 6.07) is 23.7. The quantitative estimate of drug-likeness (QED) is 0.515. The molecule has 2 N–H and O–H groups in total. The lowest BCUT2D eigenvalue weighted by molar-refractivity contribution is 0.0954. The summed E-state index contributed by atoms with van der Waals surface area (Å²) in [5, 5.41) is 6.96. The van der Waals surface area contributed by atoms with E-state index in [4.69, 9.17) is 0 Å². The van der Waals surface area contributed by atoms with Gasteiger partial charge < -0.3 is 5.32 Å². The van der Waals surface area contributed by atoms with Crippen LogP contribution < -0.4 is 10.7 Å². The lowest BCUT2D eigenvalue weighted by Gasteiger charge is -2.07. The molecule has 0 saturated heterocycles. The number of rotatable bonds is 5. The summed E-state index contributed by atoms with van der Waals surface area (Å²) in [4.78, 5) is 24.6. The number of carbonyl (C=O) groups excluding carboxylic acids is 2. The molecule has 0 atom stereocenters. The number of benzene rings is 3. The van der Waals surface area contributed by atoms with Gasteiger partial charge in [-0.25, -0.2) is 5.43 Å². The van der Waals surface area contributed by atoms with Crippen molar-refractivity contribution in [2.45, 2.75) is 13.8 Å². The standard InChI is InChI=1S/C23H21N3O2/c1-16-7-6-10-20(15-16)22(27)24-21-13-11-19(12-14-21)23(28)26-25-17(2)18-8-4-3-5-9-18/h3-15H,1-2H3,(H,24,27)(H,26,28)/b25-17+. The Bertz CT molecular complexity index is 1010. The summed E-state index contributed by atoms with van der Waals surface area (Å²) >= 11 is 0. The second-order valence-electron chi connectivity index (χ2n) is 6.41. The van der Waals surface area contributed by atoms with E-state index in [0.717, 1.165) is 16.8 Å². The van der Waals surface area contributed by atoms with Gasteiger partial charge in [0, 0.05) is 16.8 Å². The molecular weight excluding hydrogens is 350 g/mol. The van der Waals surface area contributed by atoms with E-state index in [-0.39, 0.29) is 11.8 Å². The van der Waals surface area contributed by atoms with Gasteiger partial charge in [-0.3, -0.25) is 9.59 Å². The minimum absolute atomic E-state index is 0.191. The summed E-state index contributed by atoms with van der Waals surface area (Å²) < 4.78 is 0. The normalized spacial score (nSPS) is 11.0. The van der Waals surface area contributed by atoms with Crippen molar-refractivity contribution in [1.82, 2.24) is 5.43 Å². The van der Waals surface area contributed by atoms with Crippen LogP contribution in [0, 0.1) is 6.92 Å². The highest BCUT2D eigenvalue weighted by atomic mass is 16.2. The summed E-state index contributed by atoms with van der Waals surface area (Å²) in [5.74, 6) is -0.504. The van der Waals surface area contributed by atoms with Crippen LogP contribution in [0.3, 0.4) is 0 Å². The van der Waals surface area contributed by atoms with E-state index in [1.165, 1.54) is 0 Å². The van der Waals surface area contributed by atoms with Gasteiger partial charge in [0.2, 0.25) is 0 Å². The maximum Gasteiger partial charge on any atom is 0.271 e. The molecule has 0 spiro atoms. The van der Waals surface area contributed by atoms with E-state index in [9.17, 15) is 9.59 Å². The van der Waals surface area contributed by atoms with E-state index in [2.05, 4.69) is 15.8 Å². The fourth-order valence-electron chi connectivity index (χ4n) is 2.64. The number of aryl methyl sites for hydroxylation is 1. The number of hydrogen-bond donors (Lipinski definition) is 2. The van der Waals surface area contributed by atoms with Crippen LogP contribution in [0.4, 0.5) is 5.69 Å². The molecular formula is C23H21N3O2. The molecule has 28 heavy (non-hydrogen) atoms. The minimum atomic E-state index is -0.313. The number of amides is 2. The number of hydrogen-bond acceptors (Lipinski definition) is 3. The monoisotopic (exact) mass is 371 g/mol. The van der Waals surface area contributed by atoms with Crippen molar-refractivity contribution in [3.05, 3.63) is 101 Å². The Morgan fingerprint density at radius 3 is 2.11 bits per heavy atom. The van der Waals surface area contributed by atoms with Crippen molar-refractivity contribution < 1.29 is 9.59 Å². The molecule has 0 unspecified atom stereocenters. The van der Waals surface area contributed by atoms with Gasteiger partial charge in [0.25, 0.3) is 11.8 Å². The number of carbonyl (C=O) groups is 2. The molecule has 3 rings (SSSR count).